The minimum atomic E-state index is -4.44. The van der Waals surface area contributed by atoms with Gasteiger partial charge in [-0.15, -0.1) is 0 Å². The van der Waals surface area contributed by atoms with Gasteiger partial charge in [0, 0.05) is 13.1 Å². The molecule has 0 rings (SSSR count). The molecule has 0 spiro atoms. The molecule has 126 valence electrons. The molecule has 0 aliphatic carbocycles. The van der Waals surface area contributed by atoms with Crippen molar-refractivity contribution >= 4 is 15.9 Å². The minimum Gasteiger partial charge on any atom is -0.346 e. The molecule has 0 fully saturated rings. The van der Waals surface area contributed by atoms with Crippen LogP contribution in [0.15, 0.2) is 0 Å². The molecule has 1 unspecified atom stereocenters. The lowest BCUT2D eigenvalue weighted by atomic mass is 10.3. The second-order valence-corrected chi connectivity index (χ2v) is 6.60. The summed E-state index contributed by atoms with van der Waals surface area (Å²) in [6.07, 6.45) is -2.87. The Bertz CT molecular complexity index is 426. The van der Waals surface area contributed by atoms with Crippen LogP contribution in [0.4, 0.5) is 13.2 Å². The first-order valence-corrected chi connectivity index (χ1v) is 8.35. The molecule has 10 heteroatoms. The van der Waals surface area contributed by atoms with Crippen LogP contribution in [0, 0.1) is 0 Å². The van der Waals surface area contributed by atoms with Gasteiger partial charge in [0.05, 0.1) is 12.3 Å². The van der Waals surface area contributed by atoms with Gasteiger partial charge < -0.3 is 10.6 Å². The summed E-state index contributed by atoms with van der Waals surface area (Å²) in [5, 5.41) is 4.52. The highest BCUT2D eigenvalue weighted by atomic mass is 32.2. The van der Waals surface area contributed by atoms with Gasteiger partial charge in [0.1, 0.15) is 6.54 Å². The van der Waals surface area contributed by atoms with Crippen LogP contribution in [0.5, 0.6) is 0 Å². The van der Waals surface area contributed by atoms with Gasteiger partial charge >= 0.3 is 6.18 Å². The first kappa shape index (κ1) is 20.1. The highest BCUT2D eigenvalue weighted by Gasteiger charge is 2.28. The van der Waals surface area contributed by atoms with Crippen molar-refractivity contribution in [1.82, 2.24) is 14.9 Å². The van der Waals surface area contributed by atoms with Crippen LogP contribution >= 0.6 is 0 Å². The fraction of sp³-hybridized carbons (Fsp3) is 0.909. The largest absolute Gasteiger partial charge is 0.405 e. The van der Waals surface area contributed by atoms with E-state index >= 15 is 0 Å². The fourth-order valence-electron chi connectivity index (χ4n) is 1.57. The second kappa shape index (κ2) is 8.54. The van der Waals surface area contributed by atoms with Crippen molar-refractivity contribution in [3.05, 3.63) is 0 Å². The zero-order valence-electron chi connectivity index (χ0n) is 12.3. The summed E-state index contributed by atoms with van der Waals surface area (Å²) in [5.74, 6) is -0.747. The molecule has 0 radical (unpaired) electrons. The standard InChI is InChI=1S/C11H22F3N3O3S/c1-4-17(21(3,19)20)7-5-6-15-9(2)10(18)16-8-11(12,13)14/h9,15H,4-8H2,1-3H3,(H,16,18). The molecular weight excluding hydrogens is 311 g/mol. The van der Waals surface area contributed by atoms with Crippen LogP contribution in [-0.2, 0) is 14.8 Å². The van der Waals surface area contributed by atoms with Crippen LogP contribution in [-0.4, -0.2) is 63.3 Å². The molecule has 1 atom stereocenters. The second-order valence-electron chi connectivity index (χ2n) is 4.62. The summed E-state index contributed by atoms with van der Waals surface area (Å²) in [7, 11) is -3.26. The molecule has 0 aromatic heterocycles. The minimum absolute atomic E-state index is 0.291. The SMILES string of the molecule is CCN(CCCNC(C)C(=O)NCC(F)(F)F)S(C)(=O)=O. The van der Waals surface area contributed by atoms with Gasteiger partial charge in [-0.25, -0.2) is 12.7 Å². The maximum Gasteiger partial charge on any atom is 0.405 e. The van der Waals surface area contributed by atoms with Crippen LogP contribution in [0.1, 0.15) is 20.3 Å². The van der Waals surface area contributed by atoms with E-state index in [4.69, 9.17) is 0 Å². The van der Waals surface area contributed by atoms with E-state index in [0.717, 1.165) is 6.26 Å². The molecular formula is C11H22F3N3O3S. The van der Waals surface area contributed by atoms with Gasteiger partial charge in [-0.2, -0.15) is 13.2 Å². The lowest BCUT2D eigenvalue weighted by molar-refractivity contribution is -0.139. The summed E-state index contributed by atoms with van der Waals surface area (Å²) in [5.41, 5.74) is 0. The van der Waals surface area contributed by atoms with Crippen molar-refractivity contribution in [3.63, 3.8) is 0 Å². The van der Waals surface area contributed by atoms with E-state index in [-0.39, 0.29) is 0 Å². The van der Waals surface area contributed by atoms with Crippen molar-refractivity contribution < 1.29 is 26.4 Å². The average molecular weight is 333 g/mol. The van der Waals surface area contributed by atoms with Crippen molar-refractivity contribution in [2.45, 2.75) is 32.5 Å². The number of amides is 1. The average Bonchev–Trinajstić information content (AvgIpc) is 2.33. The lowest BCUT2D eigenvalue weighted by Gasteiger charge is -2.19. The number of alkyl halides is 3. The quantitative estimate of drug-likeness (QED) is 0.596. The Kier molecular flexibility index (Phi) is 8.19. The lowest BCUT2D eigenvalue weighted by Crippen LogP contribution is -2.45. The predicted molar refractivity (Wildman–Crippen MR) is 73.2 cm³/mol. The third-order valence-corrected chi connectivity index (χ3v) is 4.09. The molecule has 0 aliphatic rings. The van der Waals surface area contributed by atoms with E-state index < -0.39 is 34.7 Å². The number of carbonyl (C=O) groups is 1. The Labute approximate surface area is 123 Å². The predicted octanol–water partition coefficient (Wildman–Crippen LogP) is 0.315. The van der Waals surface area contributed by atoms with Crippen LogP contribution in [0.25, 0.3) is 0 Å². The van der Waals surface area contributed by atoms with Gasteiger partial charge in [-0.1, -0.05) is 6.92 Å². The molecule has 0 bridgehead atoms. The summed E-state index contributed by atoms with van der Waals surface area (Å²) in [6.45, 7) is 2.75. The molecule has 0 heterocycles. The molecule has 0 saturated carbocycles. The van der Waals surface area contributed by atoms with Gasteiger partial charge in [0.25, 0.3) is 0 Å². The first-order chi connectivity index (χ1) is 9.47. The molecule has 21 heavy (non-hydrogen) atoms. The van der Waals surface area contributed by atoms with Gasteiger partial charge in [0.15, 0.2) is 0 Å². The normalized spacial score (nSPS) is 14.2. The van der Waals surface area contributed by atoms with Crippen LogP contribution in [0.3, 0.4) is 0 Å². The molecule has 0 aliphatic heterocycles. The number of hydrogen-bond acceptors (Lipinski definition) is 4. The van der Waals surface area contributed by atoms with Crippen LogP contribution < -0.4 is 10.6 Å². The third-order valence-electron chi connectivity index (χ3n) is 2.71. The van der Waals surface area contributed by atoms with E-state index in [9.17, 15) is 26.4 Å². The van der Waals surface area contributed by atoms with E-state index in [1.54, 1.807) is 12.2 Å². The number of nitrogens with one attached hydrogen (secondary N) is 2. The Hall–Kier alpha value is -0.870. The first-order valence-electron chi connectivity index (χ1n) is 6.50. The van der Waals surface area contributed by atoms with Crippen molar-refractivity contribution in [2.75, 3.05) is 32.4 Å². The van der Waals surface area contributed by atoms with Crippen molar-refractivity contribution in [2.24, 2.45) is 0 Å². The summed E-state index contributed by atoms with van der Waals surface area (Å²) in [4.78, 5) is 11.4. The zero-order valence-corrected chi connectivity index (χ0v) is 13.1. The Balaban J connectivity index is 3.99. The van der Waals surface area contributed by atoms with E-state index in [2.05, 4.69) is 5.32 Å². The molecule has 6 nitrogen and oxygen atoms in total. The summed E-state index contributed by atoms with van der Waals surface area (Å²) >= 11 is 0. The monoisotopic (exact) mass is 333 g/mol. The highest BCUT2D eigenvalue weighted by Crippen LogP contribution is 2.12. The fourth-order valence-corrected chi connectivity index (χ4v) is 2.50. The number of sulfonamides is 1. The van der Waals surface area contributed by atoms with Gasteiger partial charge in [-0.05, 0) is 19.9 Å². The number of halogens is 3. The van der Waals surface area contributed by atoms with Crippen molar-refractivity contribution in [3.8, 4) is 0 Å². The topological polar surface area (TPSA) is 78.5 Å². The third kappa shape index (κ3) is 9.64. The van der Waals surface area contributed by atoms with Crippen molar-refractivity contribution in [1.29, 1.82) is 0 Å². The maximum atomic E-state index is 11.9. The van der Waals surface area contributed by atoms with E-state index in [1.807, 2.05) is 0 Å². The highest BCUT2D eigenvalue weighted by molar-refractivity contribution is 7.88. The Morgan fingerprint density at radius 2 is 1.90 bits per heavy atom. The van der Waals surface area contributed by atoms with Crippen LogP contribution in [0.2, 0.25) is 0 Å². The summed E-state index contributed by atoms with van der Waals surface area (Å²) < 4.78 is 59.7. The van der Waals surface area contributed by atoms with E-state index in [0.29, 0.717) is 26.1 Å². The Morgan fingerprint density at radius 3 is 2.33 bits per heavy atom. The molecule has 0 saturated heterocycles. The Morgan fingerprint density at radius 1 is 1.33 bits per heavy atom. The number of carbonyl (C=O) groups excluding carboxylic acids is 1. The maximum absolute atomic E-state index is 11.9. The molecule has 0 aromatic rings. The van der Waals surface area contributed by atoms with E-state index in [1.165, 1.54) is 11.2 Å². The van der Waals surface area contributed by atoms with Gasteiger partial charge in [0.2, 0.25) is 15.9 Å². The number of rotatable bonds is 9. The smallest absolute Gasteiger partial charge is 0.346 e. The number of hydrogen-bond donors (Lipinski definition) is 2. The molecule has 2 N–H and O–H groups in total. The number of nitrogens with zero attached hydrogens (tertiary/aromatic N) is 1. The molecule has 0 aromatic carbocycles. The summed E-state index contributed by atoms with van der Waals surface area (Å²) in [6, 6.07) is -0.777. The van der Waals surface area contributed by atoms with Gasteiger partial charge in [-0.3, -0.25) is 4.79 Å². The molecule has 1 amide bonds. The zero-order chi connectivity index (χ0) is 16.7.